The number of halogens is 1. The van der Waals surface area contributed by atoms with Crippen molar-refractivity contribution in [3.8, 4) is 5.75 Å². The molecule has 3 heteroatoms. The quantitative estimate of drug-likeness (QED) is 0.694. The van der Waals surface area contributed by atoms with Gasteiger partial charge >= 0.3 is 0 Å². The third kappa shape index (κ3) is 1.52. The molecule has 0 aromatic heterocycles. The molecule has 70 valence electrons. The summed E-state index contributed by atoms with van der Waals surface area (Å²) in [4.78, 5) is 0. The maximum absolute atomic E-state index is 6.03. The number of rotatable bonds is 0. The predicted octanol–water partition coefficient (Wildman–Crippen LogP) is 2.43. The lowest BCUT2D eigenvalue weighted by molar-refractivity contribution is 0.269. The molecule has 1 heterocycles. The highest BCUT2D eigenvalue weighted by molar-refractivity contribution is 6.32. The molecule has 0 unspecified atom stereocenters. The van der Waals surface area contributed by atoms with Crippen molar-refractivity contribution in [1.29, 1.82) is 0 Å². The highest BCUT2D eigenvalue weighted by atomic mass is 35.5. The summed E-state index contributed by atoms with van der Waals surface area (Å²) in [5, 5.41) is 0.671. The van der Waals surface area contributed by atoms with Crippen molar-refractivity contribution in [3.05, 3.63) is 28.3 Å². The van der Waals surface area contributed by atoms with E-state index in [1.54, 1.807) is 0 Å². The monoisotopic (exact) mass is 197 g/mol. The molecule has 0 saturated carbocycles. The van der Waals surface area contributed by atoms with Gasteiger partial charge in [-0.2, -0.15) is 0 Å². The molecule has 1 aromatic rings. The Balaban J connectivity index is 2.56. The normalized spacial score (nSPS) is 20.7. The first-order valence-electron chi connectivity index (χ1n) is 4.37. The number of ether oxygens (including phenoxy) is 1. The van der Waals surface area contributed by atoms with Crippen LogP contribution in [0.25, 0.3) is 0 Å². The Labute approximate surface area is 82.6 Å². The third-order valence-corrected chi connectivity index (χ3v) is 2.57. The van der Waals surface area contributed by atoms with Crippen molar-refractivity contribution >= 4 is 11.6 Å². The zero-order chi connectivity index (χ0) is 9.42. The highest BCUT2D eigenvalue weighted by Gasteiger charge is 2.20. The number of fused-ring (bicyclic) bond motifs is 1. The first kappa shape index (κ1) is 8.85. The van der Waals surface area contributed by atoms with Crippen LogP contribution in [0.4, 0.5) is 0 Å². The topological polar surface area (TPSA) is 35.2 Å². The van der Waals surface area contributed by atoms with E-state index in [-0.39, 0.29) is 6.04 Å². The van der Waals surface area contributed by atoms with Crippen LogP contribution in [-0.4, -0.2) is 6.61 Å². The Kier molecular flexibility index (Phi) is 2.18. The van der Waals surface area contributed by atoms with E-state index in [1.165, 1.54) is 0 Å². The molecule has 1 aliphatic heterocycles. The summed E-state index contributed by atoms with van der Waals surface area (Å²) in [5.74, 6) is 0.769. The molecule has 13 heavy (non-hydrogen) atoms. The van der Waals surface area contributed by atoms with Gasteiger partial charge in [-0.15, -0.1) is 0 Å². The van der Waals surface area contributed by atoms with E-state index < -0.39 is 0 Å². The molecular formula is C10H12ClNO. The Bertz CT molecular complexity index is 338. The van der Waals surface area contributed by atoms with Crippen LogP contribution in [0, 0.1) is 6.92 Å². The molecular weight excluding hydrogens is 186 g/mol. The summed E-state index contributed by atoms with van der Waals surface area (Å²) in [5.41, 5.74) is 8.11. The van der Waals surface area contributed by atoms with Gasteiger partial charge in [0, 0.05) is 18.0 Å². The molecule has 2 nitrogen and oxygen atoms in total. The molecule has 1 aliphatic rings. The summed E-state index contributed by atoms with van der Waals surface area (Å²) in [7, 11) is 0. The number of aryl methyl sites for hydroxylation is 1. The van der Waals surface area contributed by atoms with Gasteiger partial charge in [-0.25, -0.2) is 0 Å². The summed E-state index contributed by atoms with van der Waals surface area (Å²) in [6.07, 6.45) is 0.868. The SMILES string of the molecule is Cc1cc(Cl)c2c(c1)[C@@H](N)CCO2. The summed E-state index contributed by atoms with van der Waals surface area (Å²) < 4.78 is 5.47. The maximum atomic E-state index is 6.03. The molecule has 2 rings (SSSR count). The average Bonchev–Trinajstić information content (AvgIpc) is 2.07. The lowest BCUT2D eigenvalue weighted by atomic mass is 9.99. The summed E-state index contributed by atoms with van der Waals surface area (Å²) >= 11 is 6.03. The van der Waals surface area contributed by atoms with Gasteiger partial charge in [0.1, 0.15) is 5.75 Å². The second-order valence-electron chi connectivity index (χ2n) is 3.41. The summed E-state index contributed by atoms with van der Waals surface area (Å²) in [6.45, 7) is 2.67. The van der Waals surface area contributed by atoms with Gasteiger partial charge in [0.15, 0.2) is 0 Å². The van der Waals surface area contributed by atoms with E-state index in [0.29, 0.717) is 11.6 Å². The van der Waals surface area contributed by atoms with Crippen LogP contribution in [-0.2, 0) is 0 Å². The highest BCUT2D eigenvalue weighted by Crippen LogP contribution is 2.37. The van der Waals surface area contributed by atoms with E-state index in [0.717, 1.165) is 23.3 Å². The molecule has 0 radical (unpaired) electrons. The molecule has 0 aliphatic carbocycles. The second kappa shape index (κ2) is 3.20. The minimum absolute atomic E-state index is 0.0705. The number of nitrogens with two attached hydrogens (primary N) is 1. The fourth-order valence-electron chi connectivity index (χ4n) is 1.63. The summed E-state index contributed by atoms with van der Waals surface area (Å²) in [6, 6.07) is 4.02. The van der Waals surface area contributed by atoms with Crippen LogP contribution >= 0.6 is 11.6 Å². The zero-order valence-corrected chi connectivity index (χ0v) is 8.27. The van der Waals surface area contributed by atoms with Gasteiger partial charge in [0.25, 0.3) is 0 Å². The molecule has 0 saturated heterocycles. The molecule has 1 aromatic carbocycles. The van der Waals surface area contributed by atoms with Crippen molar-refractivity contribution in [2.45, 2.75) is 19.4 Å². The molecule has 0 fully saturated rings. The molecule has 2 N–H and O–H groups in total. The number of hydrogen-bond acceptors (Lipinski definition) is 2. The standard InChI is InChI=1S/C10H12ClNO/c1-6-4-7-9(12)2-3-13-10(7)8(11)5-6/h4-5,9H,2-3,12H2,1H3/t9-/m0/s1. The fourth-order valence-corrected chi connectivity index (χ4v) is 1.96. The van der Waals surface area contributed by atoms with Crippen molar-refractivity contribution in [1.82, 2.24) is 0 Å². The minimum atomic E-state index is 0.0705. The second-order valence-corrected chi connectivity index (χ2v) is 3.82. The van der Waals surface area contributed by atoms with Crippen LogP contribution in [0.2, 0.25) is 5.02 Å². The van der Waals surface area contributed by atoms with Gasteiger partial charge in [-0.1, -0.05) is 17.7 Å². The van der Waals surface area contributed by atoms with E-state index in [4.69, 9.17) is 22.1 Å². The van der Waals surface area contributed by atoms with Gasteiger partial charge in [-0.3, -0.25) is 0 Å². The Morgan fingerprint density at radius 1 is 1.54 bits per heavy atom. The molecule has 0 bridgehead atoms. The first-order valence-corrected chi connectivity index (χ1v) is 4.74. The predicted molar refractivity (Wildman–Crippen MR) is 53.2 cm³/mol. The van der Waals surface area contributed by atoms with Crippen LogP contribution in [0.5, 0.6) is 5.75 Å². The van der Waals surface area contributed by atoms with E-state index >= 15 is 0 Å². The van der Waals surface area contributed by atoms with Crippen molar-refractivity contribution in [2.75, 3.05) is 6.61 Å². The van der Waals surface area contributed by atoms with E-state index in [1.807, 2.05) is 19.1 Å². The Morgan fingerprint density at radius 3 is 3.08 bits per heavy atom. The van der Waals surface area contributed by atoms with E-state index in [9.17, 15) is 0 Å². The van der Waals surface area contributed by atoms with Crippen molar-refractivity contribution in [3.63, 3.8) is 0 Å². The van der Waals surface area contributed by atoms with Crippen LogP contribution in [0.3, 0.4) is 0 Å². The molecule has 0 amide bonds. The zero-order valence-electron chi connectivity index (χ0n) is 7.51. The Morgan fingerprint density at radius 2 is 2.31 bits per heavy atom. The third-order valence-electron chi connectivity index (χ3n) is 2.29. The molecule has 0 spiro atoms. The average molecular weight is 198 g/mol. The van der Waals surface area contributed by atoms with Gasteiger partial charge < -0.3 is 10.5 Å². The van der Waals surface area contributed by atoms with Crippen molar-refractivity contribution in [2.24, 2.45) is 5.73 Å². The van der Waals surface area contributed by atoms with Gasteiger partial charge in [0.2, 0.25) is 0 Å². The first-order chi connectivity index (χ1) is 6.18. The lowest BCUT2D eigenvalue weighted by Crippen LogP contribution is -2.20. The van der Waals surface area contributed by atoms with Gasteiger partial charge in [-0.05, 0) is 18.6 Å². The maximum Gasteiger partial charge on any atom is 0.142 e. The molecule has 1 atom stereocenters. The smallest absolute Gasteiger partial charge is 0.142 e. The van der Waals surface area contributed by atoms with Crippen LogP contribution < -0.4 is 10.5 Å². The number of benzene rings is 1. The van der Waals surface area contributed by atoms with Gasteiger partial charge in [0.05, 0.1) is 11.6 Å². The van der Waals surface area contributed by atoms with E-state index in [2.05, 4.69) is 0 Å². The van der Waals surface area contributed by atoms with Crippen LogP contribution in [0.1, 0.15) is 23.6 Å². The lowest BCUT2D eigenvalue weighted by Gasteiger charge is -2.24. The largest absolute Gasteiger partial charge is 0.492 e. The van der Waals surface area contributed by atoms with Crippen molar-refractivity contribution < 1.29 is 4.74 Å². The minimum Gasteiger partial charge on any atom is -0.492 e. The Hall–Kier alpha value is -0.730. The fraction of sp³-hybridized carbons (Fsp3) is 0.400. The van der Waals surface area contributed by atoms with Crippen LogP contribution in [0.15, 0.2) is 12.1 Å². The number of hydrogen-bond donors (Lipinski definition) is 1.